The van der Waals surface area contributed by atoms with Gasteiger partial charge in [0.2, 0.25) is 0 Å². The van der Waals surface area contributed by atoms with E-state index in [1.54, 1.807) is 16.3 Å². The summed E-state index contributed by atoms with van der Waals surface area (Å²) in [6, 6.07) is 10.3. The molecule has 2 aromatic heterocycles. The van der Waals surface area contributed by atoms with Gasteiger partial charge in [0, 0.05) is 0 Å². The molecule has 1 fully saturated rings. The highest BCUT2D eigenvalue weighted by Crippen LogP contribution is 2.32. The van der Waals surface area contributed by atoms with E-state index in [4.69, 9.17) is 4.74 Å². The average molecular weight is 402 g/mol. The van der Waals surface area contributed by atoms with E-state index in [1.807, 2.05) is 18.2 Å². The Labute approximate surface area is 166 Å². The molecule has 4 rings (SSSR count). The molecule has 0 bridgehead atoms. The van der Waals surface area contributed by atoms with Gasteiger partial charge >= 0.3 is 0 Å². The van der Waals surface area contributed by atoms with Crippen molar-refractivity contribution < 1.29 is 20.1 Å². The van der Waals surface area contributed by atoms with Gasteiger partial charge in [-0.05, 0) is 24.2 Å². The minimum atomic E-state index is -1.17. The molecular weight excluding hydrogens is 380 g/mol. The Morgan fingerprint density at radius 1 is 1.07 bits per heavy atom. The van der Waals surface area contributed by atoms with Crippen molar-refractivity contribution in [2.45, 2.75) is 42.4 Å². The number of aromatic nitrogens is 4. The van der Waals surface area contributed by atoms with Crippen LogP contribution in [0.25, 0.3) is 11.2 Å². The minimum absolute atomic E-state index is 0.376. The lowest BCUT2D eigenvalue weighted by Gasteiger charge is -2.16. The molecule has 8 nitrogen and oxygen atoms in total. The van der Waals surface area contributed by atoms with Crippen molar-refractivity contribution >= 4 is 22.9 Å². The summed E-state index contributed by atoms with van der Waals surface area (Å²) >= 11 is 1.61. The lowest BCUT2D eigenvalue weighted by molar-refractivity contribution is -0.0511. The highest BCUT2D eigenvalue weighted by atomic mass is 32.2. The van der Waals surface area contributed by atoms with Crippen molar-refractivity contribution in [3.05, 3.63) is 48.5 Å². The molecule has 148 valence electrons. The monoisotopic (exact) mass is 402 g/mol. The fraction of sp³-hybridized carbons (Fsp3) is 0.421. The van der Waals surface area contributed by atoms with E-state index in [1.165, 1.54) is 18.2 Å². The predicted octanol–water partition coefficient (Wildman–Crippen LogP) is 1.16. The van der Waals surface area contributed by atoms with E-state index in [9.17, 15) is 15.3 Å². The summed E-state index contributed by atoms with van der Waals surface area (Å²) in [6.45, 7) is -0.376. The Kier molecular flexibility index (Phi) is 5.88. The number of nitrogens with zero attached hydrogens (tertiary/aromatic N) is 4. The standard InChI is InChI=1S/C19H22N4O4S/c24-9-13-15(25)16(26)19(27-13)23-11-22-14-17(23)20-10-21-18(14)28-8-4-7-12-5-2-1-3-6-12/h1-3,5-6,10-11,13,15-16,19,24-26H,4,7-9H2/t13-,15-,16-,19-/m1/s1. The first-order chi connectivity index (χ1) is 13.7. The highest BCUT2D eigenvalue weighted by Gasteiger charge is 2.44. The molecule has 0 radical (unpaired) electrons. The molecule has 4 atom stereocenters. The van der Waals surface area contributed by atoms with E-state index < -0.39 is 24.5 Å². The van der Waals surface area contributed by atoms with Gasteiger partial charge in [0.05, 0.1) is 12.9 Å². The number of rotatable bonds is 7. The third kappa shape index (κ3) is 3.76. The van der Waals surface area contributed by atoms with Gasteiger partial charge in [-0.25, -0.2) is 15.0 Å². The van der Waals surface area contributed by atoms with Gasteiger partial charge in [0.25, 0.3) is 0 Å². The van der Waals surface area contributed by atoms with Crippen LogP contribution >= 0.6 is 11.8 Å². The largest absolute Gasteiger partial charge is 0.394 e. The molecule has 1 saturated heterocycles. The lowest BCUT2D eigenvalue weighted by atomic mass is 10.1. The molecule has 0 amide bonds. The normalized spacial score (nSPS) is 24.8. The quantitative estimate of drug-likeness (QED) is 0.307. The summed E-state index contributed by atoms with van der Waals surface area (Å²) in [5, 5.41) is 30.3. The number of fused-ring (bicyclic) bond motifs is 1. The molecular formula is C19H22N4O4S. The third-order valence-electron chi connectivity index (χ3n) is 4.81. The average Bonchev–Trinajstić information content (AvgIpc) is 3.28. The summed E-state index contributed by atoms with van der Waals surface area (Å²) in [6.07, 6.45) is 0.950. The maximum absolute atomic E-state index is 10.3. The number of aliphatic hydroxyl groups is 3. The first-order valence-electron chi connectivity index (χ1n) is 9.15. The number of aryl methyl sites for hydroxylation is 1. The Morgan fingerprint density at radius 3 is 2.64 bits per heavy atom. The van der Waals surface area contributed by atoms with Gasteiger partial charge in [-0.1, -0.05) is 30.3 Å². The Morgan fingerprint density at radius 2 is 1.89 bits per heavy atom. The number of hydrogen-bond donors (Lipinski definition) is 3. The SMILES string of the molecule is OC[C@H]1O[C@@H](n2cnc3c(SCCCc4ccccc4)ncnc32)[C@H](O)[C@@H]1O. The number of ether oxygens (including phenoxy) is 1. The third-order valence-corrected chi connectivity index (χ3v) is 5.87. The summed E-state index contributed by atoms with van der Waals surface area (Å²) in [5.41, 5.74) is 2.46. The molecule has 3 N–H and O–H groups in total. The summed E-state index contributed by atoms with van der Waals surface area (Å²) in [4.78, 5) is 13.0. The zero-order valence-corrected chi connectivity index (χ0v) is 15.9. The first-order valence-corrected chi connectivity index (χ1v) is 10.1. The number of thioether (sulfide) groups is 1. The molecule has 1 aliphatic heterocycles. The predicted molar refractivity (Wildman–Crippen MR) is 104 cm³/mol. The molecule has 1 aliphatic rings. The summed E-state index contributed by atoms with van der Waals surface area (Å²) < 4.78 is 7.16. The maximum Gasteiger partial charge on any atom is 0.166 e. The fourth-order valence-electron chi connectivity index (χ4n) is 3.32. The van der Waals surface area contributed by atoms with E-state index in [2.05, 4.69) is 27.1 Å². The minimum Gasteiger partial charge on any atom is -0.394 e. The van der Waals surface area contributed by atoms with Crippen LogP contribution in [0, 0.1) is 0 Å². The second kappa shape index (κ2) is 8.54. The van der Waals surface area contributed by atoms with Crippen LogP contribution in [0.4, 0.5) is 0 Å². The van der Waals surface area contributed by atoms with E-state index in [-0.39, 0.29) is 6.61 Å². The van der Waals surface area contributed by atoms with Crippen LogP contribution in [0.5, 0.6) is 0 Å². The number of benzene rings is 1. The van der Waals surface area contributed by atoms with Crippen molar-refractivity contribution in [3.8, 4) is 0 Å². The van der Waals surface area contributed by atoms with E-state index in [0.29, 0.717) is 11.2 Å². The Bertz CT molecular complexity index is 923. The van der Waals surface area contributed by atoms with Gasteiger partial charge in [0.1, 0.15) is 35.2 Å². The van der Waals surface area contributed by atoms with Crippen molar-refractivity contribution in [1.82, 2.24) is 19.5 Å². The van der Waals surface area contributed by atoms with E-state index in [0.717, 1.165) is 23.6 Å². The molecule has 0 unspecified atom stereocenters. The molecule has 9 heteroatoms. The molecule has 1 aromatic carbocycles. The van der Waals surface area contributed by atoms with E-state index >= 15 is 0 Å². The molecule has 0 saturated carbocycles. The lowest BCUT2D eigenvalue weighted by Crippen LogP contribution is -2.33. The van der Waals surface area contributed by atoms with Crippen LogP contribution in [0.3, 0.4) is 0 Å². The number of hydrogen-bond acceptors (Lipinski definition) is 8. The number of aliphatic hydroxyl groups excluding tert-OH is 3. The fourth-order valence-corrected chi connectivity index (χ4v) is 4.21. The molecule has 3 aromatic rings. The van der Waals surface area contributed by atoms with Crippen LogP contribution in [-0.4, -0.2) is 65.5 Å². The van der Waals surface area contributed by atoms with Crippen molar-refractivity contribution in [3.63, 3.8) is 0 Å². The van der Waals surface area contributed by atoms with Gasteiger partial charge in [0.15, 0.2) is 11.9 Å². The summed E-state index contributed by atoms with van der Waals surface area (Å²) in [5.74, 6) is 0.891. The second-order valence-electron chi connectivity index (χ2n) is 6.67. The van der Waals surface area contributed by atoms with Crippen molar-refractivity contribution in [2.75, 3.05) is 12.4 Å². The molecule has 28 heavy (non-hydrogen) atoms. The molecule has 3 heterocycles. The van der Waals surface area contributed by atoms with Gasteiger partial charge in [-0.2, -0.15) is 0 Å². The highest BCUT2D eigenvalue weighted by molar-refractivity contribution is 7.99. The van der Waals surface area contributed by atoms with Crippen LogP contribution in [-0.2, 0) is 11.2 Å². The first kappa shape index (κ1) is 19.3. The molecule has 0 spiro atoms. The Hall–Kier alpha value is -2.04. The van der Waals surface area contributed by atoms with Gasteiger partial charge in [-0.3, -0.25) is 4.57 Å². The van der Waals surface area contributed by atoms with Gasteiger partial charge < -0.3 is 20.1 Å². The van der Waals surface area contributed by atoms with Crippen LogP contribution in [0.2, 0.25) is 0 Å². The van der Waals surface area contributed by atoms with Crippen LogP contribution in [0.1, 0.15) is 18.2 Å². The zero-order valence-electron chi connectivity index (χ0n) is 15.1. The van der Waals surface area contributed by atoms with Crippen LogP contribution < -0.4 is 0 Å². The summed E-state index contributed by atoms with van der Waals surface area (Å²) in [7, 11) is 0. The second-order valence-corrected chi connectivity index (χ2v) is 7.75. The van der Waals surface area contributed by atoms with Crippen LogP contribution in [0.15, 0.2) is 48.0 Å². The molecule has 0 aliphatic carbocycles. The van der Waals surface area contributed by atoms with Crippen molar-refractivity contribution in [2.24, 2.45) is 0 Å². The number of imidazole rings is 1. The Balaban J connectivity index is 1.46. The van der Waals surface area contributed by atoms with Gasteiger partial charge in [-0.15, -0.1) is 11.8 Å². The smallest absolute Gasteiger partial charge is 0.166 e. The zero-order chi connectivity index (χ0) is 19.5. The van der Waals surface area contributed by atoms with Crippen molar-refractivity contribution in [1.29, 1.82) is 0 Å². The maximum atomic E-state index is 10.3. The topological polar surface area (TPSA) is 114 Å².